The van der Waals surface area contributed by atoms with Crippen molar-refractivity contribution in [3.63, 3.8) is 0 Å². The summed E-state index contributed by atoms with van der Waals surface area (Å²) in [6.45, 7) is 6.44. The van der Waals surface area contributed by atoms with Gasteiger partial charge in [-0.2, -0.15) is 0 Å². The second-order valence-electron chi connectivity index (χ2n) is 9.84. The summed E-state index contributed by atoms with van der Waals surface area (Å²) < 4.78 is 8.41. The van der Waals surface area contributed by atoms with Crippen LogP contribution in [-0.2, 0) is 19.6 Å². The Labute approximate surface area is 222 Å². The van der Waals surface area contributed by atoms with E-state index in [0.717, 1.165) is 49.1 Å². The van der Waals surface area contributed by atoms with Crippen LogP contribution in [0.3, 0.4) is 0 Å². The lowest BCUT2D eigenvalue weighted by molar-refractivity contribution is 0.0593. The number of fused-ring (bicyclic) bond motifs is 1. The minimum absolute atomic E-state index is 0.0271. The van der Waals surface area contributed by atoms with Crippen molar-refractivity contribution in [1.82, 2.24) is 19.3 Å². The molecule has 1 fully saturated rings. The molecule has 6 rings (SSSR count). The summed E-state index contributed by atoms with van der Waals surface area (Å²) in [6, 6.07) is 26.6. The van der Waals surface area contributed by atoms with Gasteiger partial charge in [0.2, 0.25) is 0 Å². The monoisotopic (exact) mass is 514 g/mol. The van der Waals surface area contributed by atoms with Gasteiger partial charge in [0.05, 0.1) is 12.6 Å². The SMILES string of the molecule is O=C(c1ccc(CN2CCn3cccc3C2c2ccccc2Cl)o1)N1CCN(Cc2ccccc2)CC1. The highest BCUT2D eigenvalue weighted by Gasteiger charge is 2.31. The molecular formula is C30H31ClN4O2. The Morgan fingerprint density at radius 3 is 2.41 bits per heavy atom. The lowest BCUT2D eigenvalue weighted by Crippen LogP contribution is -2.48. The Morgan fingerprint density at radius 2 is 1.59 bits per heavy atom. The number of carbonyl (C=O) groups is 1. The van der Waals surface area contributed by atoms with Crippen LogP contribution >= 0.6 is 11.6 Å². The fourth-order valence-electron chi connectivity index (χ4n) is 5.54. The zero-order valence-corrected chi connectivity index (χ0v) is 21.6. The van der Waals surface area contributed by atoms with E-state index in [1.54, 1.807) is 0 Å². The van der Waals surface area contributed by atoms with Gasteiger partial charge >= 0.3 is 0 Å². The predicted molar refractivity (Wildman–Crippen MR) is 144 cm³/mol. The molecule has 7 heteroatoms. The van der Waals surface area contributed by atoms with E-state index in [-0.39, 0.29) is 11.9 Å². The Kier molecular flexibility index (Phi) is 6.87. The normalized spacial score (nSPS) is 18.6. The van der Waals surface area contributed by atoms with Crippen molar-refractivity contribution in [3.8, 4) is 0 Å². The van der Waals surface area contributed by atoms with Crippen molar-refractivity contribution < 1.29 is 9.21 Å². The van der Waals surface area contributed by atoms with Gasteiger partial charge in [-0.05, 0) is 41.5 Å². The number of benzene rings is 2. The Morgan fingerprint density at radius 1 is 0.811 bits per heavy atom. The highest BCUT2D eigenvalue weighted by Crippen LogP contribution is 2.37. The number of nitrogens with zero attached hydrogens (tertiary/aromatic N) is 4. The Balaban J connectivity index is 1.12. The first-order valence-corrected chi connectivity index (χ1v) is 13.3. The number of halogens is 1. The lowest BCUT2D eigenvalue weighted by atomic mass is 9.99. The zero-order valence-electron chi connectivity index (χ0n) is 20.8. The maximum absolute atomic E-state index is 13.2. The fraction of sp³-hybridized carbons (Fsp3) is 0.300. The minimum Gasteiger partial charge on any atom is -0.455 e. The summed E-state index contributed by atoms with van der Waals surface area (Å²) in [5.74, 6) is 1.19. The number of hydrogen-bond acceptors (Lipinski definition) is 4. The summed E-state index contributed by atoms with van der Waals surface area (Å²) in [4.78, 5) is 19.9. The number of carbonyl (C=O) groups excluding carboxylic acids is 1. The van der Waals surface area contributed by atoms with E-state index >= 15 is 0 Å². The molecule has 2 aliphatic heterocycles. The molecule has 6 nitrogen and oxygen atoms in total. The third kappa shape index (κ3) is 5.10. The van der Waals surface area contributed by atoms with Crippen LogP contribution in [0.5, 0.6) is 0 Å². The molecule has 1 saturated heterocycles. The largest absolute Gasteiger partial charge is 0.455 e. The van der Waals surface area contributed by atoms with Crippen molar-refractivity contribution in [3.05, 3.63) is 118 Å². The third-order valence-corrected chi connectivity index (χ3v) is 7.82. The predicted octanol–water partition coefficient (Wildman–Crippen LogP) is 5.30. The first-order chi connectivity index (χ1) is 18.2. The second kappa shape index (κ2) is 10.6. The van der Waals surface area contributed by atoms with Gasteiger partial charge in [0, 0.05) is 62.7 Å². The molecule has 0 aliphatic carbocycles. The summed E-state index contributed by atoms with van der Waals surface area (Å²) in [5, 5.41) is 0.758. The van der Waals surface area contributed by atoms with Gasteiger partial charge in [-0.3, -0.25) is 14.6 Å². The molecule has 4 heterocycles. The molecule has 0 radical (unpaired) electrons. The van der Waals surface area contributed by atoms with Crippen molar-refractivity contribution in [2.24, 2.45) is 0 Å². The van der Waals surface area contributed by atoms with Crippen LogP contribution in [0.15, 0.2) is 89.5 Å². The maximum Gasteiger partial charge on any atom is 0.289 e. The van der Waals surface area contributed by atoms with Gasteiger partial charge < -0.3 is 13.9 Å². The first kappa shape index (κ1) is 24.0. The molecule has 0 saturated carbocycles. The first-order valence-electron chi connectivity index (χ1n) is 12.9. The Hall–Kier alpha value is -3.32. The number of amides is 1. The van der Waals surface area contributed by atoms with Crippen LogP contribution in [0.1, 0.15) is 39.2 Å². The average molecular weight is 515 g/mol. The van der Waals surface area contributed by atoms with E-state index in [9.17, 15) is 4.79 Å². The molecule has 37 heavy (non-hydrogen) atoms. The maximum atomic E-state index is 13.2. The topological polar surface area (TPSA) is 44.9 Å². The van der Waals surface area contributed by atoms with Gasteiger partial charge in [0.25, 0.3) is 5.91 Å². The lowest BCUT2D eigenvalue weighted by Gasteiger charge is -2.37. The number of aromatic nitrogens is 1. The molecule has 0 bridgehead atoms. The minimum atomic E-state index is -0.0271. The molecular weight excluding hydrogens is 484 g/mol. The molecule has 190 valence electrons. The molecule has 1 unspecified atom stereocenters. The van der Waals surface area contributed by atoms with Crippen molar-refractivity contribution in [1.29, 1.82) is 0 Å². The molecule has 2 aromatic carbocycles. The van der Waals surface area contributed by atoms with Crippen molar-refractivity contribution in [2.75, 3.05) is 32.7 Å². The van der Waals surface area contributed by atoms with Gasteiger partial charge in [-0.25, -0.2) is 0 Å². The third-order valence-electron chi connectivity index (χ3n) is 7.48. The molecule has 1 atom stereocenters. The molecule has 1 amide bonds. The Bertz CT molecular complexity index is 1360. The van der Waals surface area contributed by atoms with Gasteiger partial charge in [-0.1, -0.05) is 60.1 Å². The number of piperazine rings is 1. The zero-order chi connectivity index (χ0) is 25.2. The van der Waals surface area contributed by atoms with E-state index in [0.29, 0.717) is 25.4 Å². The summed E-state index contributed by atoms with van der Waals surface area (Å²) >= 11 is 6.63. The van der Waals surface area contributed by atoms with Crippen LogP contribution in [-0.4, -0.2) is 57.9 Å². The van der Waals surface area contributed by atoms with E-state index < -0.39 is 0 Å². The molecule has 4 aromatic rings. The van der Waals surface area contributed by atoms with Crippen LogP contribution in [0.25, 0.3) is 0 Å². The van der Waals surface area contributed by atoms with Crippen LogP contribution in [0, 0.1) is 0 Å². The second-order valence-corrected chi connectivity index (χ2v) is 10.2. The van der Waals surface area contributed by atoms with Crippen molar-refractivity contribution >= 4 is 17.5 Å². The van der Waals surface area contributed by atoms with Gasteiger partial charge in [-0.15, -0.1) is 0 Å². The van der Waals surface area contributed by atoms with Crippen LogP contribution in [0.2, 0.25) is 5.02 Å². The molecule has 2 aliphatic rings. The summed E-state index contributed by atoms with van der Waals surface area (Å²) in [5.41, 5.74) is 3.61. The standard InChI is InChI=1S/C30H31ClN4O2/c31-26-10-5-4-9-25(26)29-27-11-6-14-33(27)19-20-35(29)22-24-12-13-28(37-24)30(36)34-17-15-32(16-18-34)21-23-7-2-1-3-8-23/h1-14,29H,15-22H2. The highest BCUT2D eigenvalue weighted by molar-refractivity contribution is 6.31. The van der Waals surface area contributed by atoms with E-state index in [1.807, 2.05) is 41.3 Å². The molecule has 0 N–H and O–H groups in total. The van der Waals surface area contributed by atoms with E-state index in [1.165, 1.54) is 11.3 Å². The average Bonchev–Trinajstić information content (AvgIpc) is 3.60. The van der Waals surface area contributed by atoms with Crippen LogP contribution in [0.4, 0.5) is 0 Å². The van der Waals surface area contributed by atoms with Crippen molar-refractivity contribution in [2.45, 2.75) is 25.7 Å². The van der Waals surface area contributed by atoms with E-state index in [4.69, 9.17) is 16.0 Å². The smallest absolute Gasteiger partial charge is 0.289 e. The number of furan rings is 1. The summed E-state index contributed by atoms with van der Waals surface area (Å²) in [7, 11) is 0. The summed E-state index contributed by atoms with van der Waals surface area (Å²) in [6.07, 6.45) is 2.12. The fourth-order valence-corrected chi connectivity index (χ4v) is 5.78. The molecule has 0 spiro atoms. The quantitative estimate of drug-likeness (QED) is 0.350. The molecule has 2 aromatic heterocycles. The highest BCUT2D eigenvalue weighted by atomic mass is 35.5. The van der Waals surface area contributed by atoms with Crippen LogP contribution < -0.4 is 0 Å². The van der Waals surface area contributed by atoms with E-state index in [2.05, 4.69) is 63.0 Å². The number of hydrogen-bond donors (Lipinski definition) is 0. The number of rotatable bonds is 6. The van der Waals surface area contributed by atoms with Gasteiger partial charge in [0.1, 0.15) is 5.76 Å². The van der Waals surface area contributed by atoms with Gasteiger partial charge in [0.15, 0.2) is 5.76 Å².